The zero-order chi connectivity index (χ0) is 25.5. The minimum Gasteiger partial charge on any atom is -0.495 e. The molecule has 0 spiro atoms. The van der Waals surface area contributed by atoms with E-state index in [1.807, 2.05) is 6.07 Å². The van der Waals surface area contributed by atoms with Crippen molar-refractivity contribution < 1.29 is 23.9 Å². The third-order valence-corrected chi connectivity index (χ3v) is 6.95. The first-order valence-corrected chi connectivity index (χ1v) is 12.4. The van der Waals surface area contributed by atoms with Crippen LogP contribution in [0.3, 0.4) is 0 Å². The predicted molar refractivity (Wildman–Crippen MR) is 146 cm³/mol. The second-order valence-corrected chi connectivity index (χ2v) is 9.10. The first-order chi connectivity index (χ1) is 17.5. The number of benzene rings is 2. The number of methoxy groups -OCH3 is 2. The van der Waals surface area contributed by atoms with E-state index in [4.69, 9.17) is 19.2 Å². The van der Waals surface area contributed by atoms with Gasteiger partial charge >= 0.3 is 0 Å². The zero-order valence-electron chi connectivity index (χ0n) is 20.6. The molecule has 1 aliphatic heterocycles. The summed E-state index contributed by atoms with van der Waals surface area (Å²) >= 11 is 1.36. The van der Waals surface area contributed by atoms with Gasteiger partial charge in [-0.25, -0.2) is 4.98 Å². The maximum atomic E-state index is 13.4. The molecule has 0 unspecified atom stereocenters. The van der Waals surface area contributed by atoms with E-state index in [1.54, 1.807) is 43.4 Å². The molecule has 2 aromatic carbocycles. The predicted octanol–water partition coefficient (Wildman–Crippen LogP) is 4.41. The highest BCUT2D eigenvalue weighted by atomic mass is 35.5. The molecule has 0 aliphatic carbocycles. The number of carbonyl (C=O) groups excluding carboxylic acids is 1. The van der Waals surface area contributed by atoms with E-state index in [9.17, 15) is 14.9 Å². The summed E-state index contributed by atoms with van der Waals surface area (Å²) in [6.07, 6.45) is 3.76. The van der Waals surface area contributed by atoms with E-state index < -0.39 is 4.92 Å². The number of rotatable bonds is 10. The van der Waals surface area contributed by atoms with Crippen LogP contribution in [0.5, 0.6) is 11.5 Å². The number of aromatic nitrogens is 1. The molecule has 1 aromatic heterocycles. The summed E-state index contributed by atoms with van der Waals surface area (Å²) in [5, 5.41) is 11.6. The van der Waals surface area contributed by atoms with Gasteiger partial charge in [-0.05, 0) is 30.2 Å². The lowest BCUT2D eigenvalue weighted by Crippen LogP contribution is -2.39. The largest absolute Gasteiger partial charge is 0.495 e. The molecule has 37 heavy (non-hydrogen) atoms. The van der Waals surface area contributed by atoms with Crippen LogP contribution in [0, 0.1) is 10.1 Å². The topological polar surface area (TPSA) is 107 Å². The molecular formula is C25H29ClN4O6S. The third kappa shape index (κ3) is 6.95. The number of morpholine rings is 1. The van der Waals surface area contributed by atoms with Crippen LogP contribution in [-0.2, 0) is 9.53 Å². The Balaban J connectivity index is 0.00000380. The number of nitro benzene ring substituents is 1. The van der Waals surface area contributed by atoms with Crippen LogP contribution in [-0.4, -0.2) is 74.3 Å². The average Bonchev–Trinajstić information content (AvgIpc) is 3.35. The molecule has 0 saturated carbocycles. The molecule has 2 heterocycles. The summed E-state index contributed by atoms with van der Waals surface area (Å²) in [5.74, 6) is 0.990. The molecule has 0 N–H and O–H groups in total. The summed E-state index contributed by atoms with van der Waals surface area (Å²) in [6, 6.07) is 9.76. The number of nitrogens with zero attached hydrogens (tertiary/aromatic N) is 4. The second kappa shape index (κ2) is 13.3. The maximum Gasteiger partial charge on any atom is 0.270 e. The van der Waals surface area contributed by atoms with Gasteiger partial charge in [-0.1, -0.05) is 23.5 Å². The van der Waals surface area contributed by atoms with Gasteiger partial charge in [-0.3, -0.25) is 24.7 Å². The van der Waals surface area contributed by atoms with Gasteiger partial charge in [0.05, 0.1) is 32.4 Å². The van der Waals surface area contributed by atoms with Crippen LogP contribution in [0.2, 0.25) is 0 Å². The number of ether oxygens (including phenoxy) is 3. The molecule has 1 amide bonds. The first-order valence-electron chi connectivity index (χ1n) is 11.6. The number of hydrogen-bond acceptors (Lipinski definition) is 9. The molecule has 0 bridgehead atoms. The highest BCUT2D eigenvalue weighted by molar-refractivity contribution is 7.22. The third-order valence-electron chi connectivity index (χ3n) is 5.86. The van der Waals surface area contributed by atoms with Crippen molar-refractivity contribution in [2.45, 2.75) is 6.42 Å². The number of halogens is 1. The van der Waals surface area contributed by atoms with E-state index in [0.717, 1.165) is 30.8 Å². The van der Waals surface area contributed by atoms with Gasteiger partial charge in [0.25, 0.3) is 11.6 Å². The number of fused-ring (bicyclic) bond motifs is 1. The van der Waals surface area contributed by atoms with Crippen LogP contribution >= 0.6 is 23.7 Å². The molecule has 1 fully saturated rings. The first kappa shape index (κ1) is 28.3. The number of non-ortho nitro benzene ring substituents is 1. The highest BCUT2D eigenvalue weighted by Gasteiger charge is 2.22. The lowest BCUT2D eigenvalue weighted by Gasteiger charge is -2.27. The highest BCUT2D eigenvalue weighted by Crippen LogP contribution is 2.40. The van der Waals surface area contributed by atoms with Crippen molar-refractivity contribution in [3.8, 4) is 11.5 Å². The van der Waals surface area contributed by atoms with E-state index in [1.165, 1.54) is 29.5 Å². The molecular weight excluding hydrogens is 520 g/mol. The second-order valence-electron chi connectivity index (χ2n) is 8.13. The Hall–Kier alpha value is -3.25. The number of nitro groups is 1. The minimum atomic E-state index is -0.459. The van der Waals surface area contributed by atoms with Gasteiger partial charge in [0.15, 0.2) is 5.13 Å². The smallest absolute Gasteiger partial charge is 0.270 e. The Morgan fingerprint density at radius 3 is 2.65 bits per heavy atom. The summed E-state index contributed by atoms with van der Waals surface area (Å²) in [7, 11) is 3.17. The lowest BCUT2D eigenvalue weighted by atomic mass is 10.2. The van der Waals surface area contributed by atoms with Crippen molar-refractivity contribution in [1.82, 2.24) is 9.88 Å². The standard InChI is InChI=1S/C25H28N4O6S.ClH/c1-33-20-8-9-21(34-2)24-23(20)26-25(36-24)28(12-4-11-27-13-15-35-16-14-27)22(30)10-7-18-5-3-6-19(17-18)29(31)32;/h3,5-10,17H,4,11-16H2,1-2H3;1H/b10-7+;. The fraction of sp³-hybridized carbons (Fsp3) is 0.360. The van der Waals surface area contributed by atoms with Crippen molar-refractivity contribution in [2.75, 3.05) is 58.5 Å². The number of amides is 1. The van der Waals surface area contributed by atoms with Crippen molar-refractivity contribution in [1.29, 1.82) is 0 Å². The Kier molecular flexibility index (Phi) is 10.2. The molecule has 1 aliphatic rings. The van der Waals surface area contributed by atoms with E-state index in [2.05, 4.69) is 4.90 Å². The summed E-state index contributed by atoms with van der Waals surface area (Å²) in [4.78, 5) is 32.7. The van der Waals surface area contributed by atoms with Gasteiger partial charge in [0.1, 0.15) is 21.7 Å². The molecule has 3 aromatic rings. The van der Waals surface area contributed by atoms with E-state index in [-0.39, 0.29) is 24.0 Å². The normalized spacial score (nSPS) is 13.9. The van der Waals surface area contributed by atoms with Gasteiger partial charge in [0, 0.05) is 44.4 Å². The molecule has 12 heteroatoms. The van der Waals surface area contributed by atoms with E-state index in [0.29, 0.717) is 47.5 Å². The number of thiazole rings is 1. The fourth-order valence-electron chi connectivity index (χ4n) is 3.97. The van der Waals surface area contributed by atoms with Crippen LogP contribution in [0.15, 0.2) is 42.5 Å². The van der Waals surface area contributed by atoms with E-state index >= 15 is 0 Å². The fourth-order valence-corrected chi connectivity index (χ4v) is 5.07. The van der Waals surface area contributed by atoms with Gasteiger partial charge in [-0.2, -0.15) is 0 Å². The zero-order valence-corrected chi connectivity index (χ0v) is 22.3. The van der Waals surface area contributed by atoms with Crippen LogP contribution in [0.25, 0.3) is 16.3 Å². The Morgan fingerprint density at radius 1 is 1.22 bits per heavy atom. The van der Waals surface area contributed by atoms with Crippen molar-refractivity contribution in [3.05, 3.63) is 58.2 Å². The molecule has 4 rings (SSSR count). The number of hydrogen-bond donors (Lipinski definition) is 0. The lowest BCUT2D eigenvalue weighted by molar-refractivity contribution is -0.384. The van der Waals surface area contributed by atoms with Crippen molar-refractivity contribution in [3.63, 3.8) is 0 Å². The molecule has 1 saturated heterocycles. The quantitative estimate of drug-likeness (QED) is 0.208. The monoisotopic (exact) mass is 548 g/mol. The van der Waals surface area contributed by atoms with Crippen LogP contribution in [0.4, 0.5) is 10.8 Å². The number of anilines is 1. The number of carbonyl (C=O) groups is 1. The Bertz CT molecular complexity index is 1220. The summed E-state index contributed by atoms with van der Waals surface area (Å²) in [5.41, 5.74) is 1.17. The summed E-state index contributed by atoms with van der Waals surface area (Å²) in [6.45, 7) is 4.46. The van der Waals surface area contributed by atoms with Gasteiger partial charge in [0.2, 0.25) is 0 Å². The van der Waals surface area contributed by atoms with Crippen molar-refractivity contribution >= 4 is 56.8 Å². The SMILES string of the molecule is COc1ccc(OC)c2sc(N(CCCN3CCOCC3)C(=O)/C=C/c3cccc([N+](=O)[O-])c3)nc12.Cl. The summed E-state index contributed by atoms with van der Waals surface area (Å²) < 4.78 is 17.2. The van der Waals surface area contributed by atoms with Gasteiger partial charge < -0.3 is 14.2 Å². The molecule has 198 valence electrons. The maximum absolute atomic E-state index is 13.4. The van der Waals surface area contributed by atoms with Crippen LogP contribution < -0.4 is 14.4 Å². The van der Waals surface area contributed by atoms with Crippen molar-refractivity contribution in [2.24, 2.45) is 0 Å². The van der Waals surface area contributed by atoms with Crippen LogP contribution in [0.1, 0.15) is 12.0 Å². The Labute approximate surface area is 225 Å². The van der Waals surface area contributed by atoms with Gasteiger partial charge in [-0.15, -0.1) is 12.4 Å². The minimum absolute atomic E-state index is 0. The Morgan fingerprint density at radius 2 is 1.95 bits per heavy atom. The molecule has 0 atom stereocenters. The average molecular weight is 549 g/mol. The molecule has 10 nitrogen and oxygen atoms in total. The molecule has 0 radical (unpaired) electrons.